The maximum atomic E-state index is 14.5. The second kappa shape index (κ2) is 8.24. The van der Waals surface area contributed by atoms with E-state index < -0.39 is 11.3 Å². The van der Waals surface area contributed by atoms with Crippen LogP contribution in [-0.2, 0) is 9.59 Å². The van der Waals surface area contributed by atoms with Crippen LogP contribution >= 0.6 is 0 Å². The molecule has 192 valence electrons. The summed E-state index contributed by atoms with van der Waals surface area (Å²) in [6, 6.07) is 29.1. The summed E-state index contributed by atoms with van der Waals surface area (Å²) in [5, 5.41) is 3.00. The van der Waals surface area contributed by atoms with Crippen LogP contribution in [0.5, 0.6) is 0 Å². The first-order valence-electron chi connectivity index (χ1n) is 13.4. The molecule has 4 aromatic carbocycles. The van der Waals surface area contributed by atoms with Crippen molar-refractivity contribution in [3.05, 3.63) is 130 Å². The average Bonchev–Trinajstić information content (AvgIpc) is 3.16. The van der Waals surface area contributed by atoms with Gasteiger partial charge in [-0.2, -0.15) is 0 Å². The van der Waals surface area contributed by atoms with Crippen molar-refractivity contribution in [3.63, 3.8) is 0 Å². The van der Waals surface area contributed by atoms with Gasteiger partial charge in [0.15, 0.2) is 0 Å². The number of para-hydroxylation sites is 1. The number of amides is 3. The molecule has 0 saturated carbocycles. The number of hydrogen-bond donors (Lipinski definition) is 1. The number of nitrogens with one attached hydrogen (secondary N) is 1. The van der Waals surface area contributed by atoms with Crippen molar-refractivity contribution >= 4 is 29.1 Å². The minimum atomic E-state index is -0.957. The summed E-state index contributed by atoms with van der Waals surface area (Å²) in [6.45, 7) is 5.90. The Bertz CT molecular complexity index is 1680. The number of rotatable bonds is 3. The first-order valence-corrected chi connectivity index (χ1v) is 13.4. The molecule has 4 aromatic rings. The lowest BCUT2D eigenvalue weighted by Gasteiger charge is -2.51. The zero-order chi connectivity index (χ0) is 27.1. The predicted molar refractivity (Wildman–Crippen MR) is 151 cm³/mol. The van der Waals surface area contributed by atoms with E-state index in [0.717, 1.165) is 33.4 Å². The molecule has 0 radical (unpaired) electrons. The lowest BCUT2D eigenvalue weighted by atomic mass is 9.48. The van der Waals surface area contributed by atoms with Gasteiger partial charge in [0.2, 0.25) is 11.8 Å². The molecule has 0 unspecified atom stereocenters. The van der Waals surface area contributed by atoms with E-state index >= 15 is 0 Å². The van der Waals surface area contributed by atoms with E-state index in [-0.39, 0.29) is 29.6 Å². The molecule has 1 heterocycles. The van der Waals surface area contributed by atoms with Gasteiger partial charge >= 0.3 is 0 Å². The molecule has 1 aliphatic heterocycles. The van der Waals surface area contributed by atoms with E-state index in [1.54, 1.807) is 24.3 Å². The van der Waals surface area contributed by atoms with Crippen LogP contribution in [0.4, 0.5) is 11.4 Å². The van der Waals surface area contributed by atoms with Crippen molar-refractivity contribution in [3.8, 4) is 0 Å². The Hall–Kier alpha value is -4.51. The van der Waals surface area contributed by atoms with Gasteiger partial charge in [-0.25, -0.2) is 4.90 Å². The van der Waals surface area contributed by atoms with E-state index in [0.29, 0.717) is 16.9 Å². The van der Waals surface area contributed by atoms with Crippen molar-refractivity contribution in [2.45, 2.75) is 32.6 Å². The molecule has 4 aliphatic rings. The molecule has 1 fully saturated rings. The second-order valence-electron chi connectivity index (χ2n) is 11.1. The summed E-state index contributed by atoms with van der Waals surface area (Å²) in [4.78, 5) is 43.8. The maximum absolute atomic E-state index is 14.5. The second-order valence-corrected chi connectivity index (χ2v) is 11.1. The third kappa shape index (κ3) is 3.04. The fourth-order valence-corrected chi connectivity index (χ4v) is 7.28. The zero-order valence-corrected chi connectivity index (χ0v) is 22.1. The number of hydrogen-bond acceptors (Lipinski definition) is 3. The van der Waals surface area contributed by atoms with Gasteiger partial charge < -0.3 is 5.32 Å². The fourth-order valence-electron chi connectivity index (χ4n) is 7.28. The Kier molecular flexibility index (Phi) is 4.99. The summed E-state index contributed by atoms with van der Waals surface area (Å²) in [6.07, 6.45) is 0. The summed E-state index contributed by atoms with van der Waals surface area (Å²) in [5.74, 6) is -1.84. The van der Waals surface area contributed by atoms with Crippen LogP contribution in [0.15, 0.2) is 91.0 Å². The highest BCUT2D eigenvalue weighted by atomic mass is 16.2. The quantitative estimate of drug-likeness (QED) is 0.326. The van der Waals surface area contributed by atoms with E-state index in [2.05, 4.69) is 29.6 Å². The Labute approximate surface area is 227 Å². The minimum absolute atomic E-state index is 0.218. The van der Waals surface area contributed by atoms with Crippen LogP contribution in [0.2, 0.25) is 0 Å². The number of imide groups is 1. The van der Waals surface area contributed by atoms with E-state index in [1.807, 2.05) is 63.2 Å². The Morgan fingerprint density at radius 3 is 2.03 bits per heavy atom. The number of aryl methyl sites for hydroxylation is 1. The molecular weight excluding hydrogens is 484 g/mol. The van der Waals surface area contributed by atoms with E-state index in [1.165, 1.54) is 4.90 Å². The minimum Gasteiger partial charge on any atom is -0.322 e. The summed E-state index contributed by atoms with van der Waals surface area (Å²) in [5.41, 5.74) is 6.89. The van der Waals surface area contributed by atoms with Crippen molar-refractivity contribution < 1.29 is 14.4 Å². The molecule has 1 N–H and O–H groups in total. The van der Waals surface area contributed by atoms with Crippen molar-refractivity contribution in [1.82, 2.24) is 0 Å². The van der Waals surface area contributed by atoms with Crippen LogP contribution in [0.3, 0.4) is 0 Å². The Morgan fingerprint density at radius 2 is 1.36 bits per heavy atom. The first-order chi connectivity index (χ1) is 18.8. The Balaban J connectivity index is 1.35. The van der Waals surface area contributed by atoms with E-state index in [9.17, 15) is 14.4 Å². The van der Waals surface area contributed by atoms with Crippen LogP contribution in [0.25, 0.3) is 0 Å². The maximum Gasteiger partial charge on any atom is 0.257 e. The van der Waals surface area contributed by atoms with Gasteiger partial charge in [0.1, 0.15) is 0 Å². The SMILES string of the molecule is Cc1cccc(NC(=O)c2ccccc2N2C(=O)[C@H]3C4c5ccccc5C(c5ccccc54)[C@@]3(C)C2=O)c1C. The molecule has 2 bridgehead atoms. The highest BCUT2D eigenvalue weighted by Crippen LogP contribution is 2.67. The van der Waals surface area contributed by atoms with Crippen molar-refractivity contribution in [2.24, 2.45) is 11.3 Å². The molecule has 1 saturated heterocycles. The van der Waals surface area contributed by atoms with Gasteiger partial charge in [0, 0.05) is 17.5 Å². The molecular formula is C34H28N2O3. The number of carbonyl (C=O) groups excluding carboxylic acids is 3. The fraction of sp³-hybridized carbons (Fsp3) is 0.206. The van der Waals surface area contributed by atoms with Gasteiger partial charge in [-0.15, -0.1) is 0 Å². The number of anilines is 2. The molecule has 5 nitrogen and oxygen atoms in total. The molecule has 5 heteroatoms. The molecule has 3 aliphatic carbocycles. The summed E-state index contributed by atoms with van der Waals surface area (Å²) >= 11 is 0. The van der Waals surface area contributed by atoms with E-state index in [4.69, 9.17) is 0 Å². The molecule has 39 heavy (non-hydrogen) atoms. The van der Waals surface area contributed by atoms with Crippen molar-refractivity contribution in [2.75, 3.05) is 10.2 Å². The molecule has 2 atom stereocenters. The van der Waals surface area contributed by atoms with Gasteiger partial charge in [0.05, 0.1) is 22.6 Å². The zero-order valence-electron chi connectivity index (χ0n) is 22.1. The average molecular weight is 513 g/mol. The molecule has 8 rings (SSSR count). The number of nitrogens with zero attached hydrogens (tertiary/aromatic N) is 1. The van der Waals surface area contributed by atoms with Gasteiger partial charge in [-0.3, -0.25) is 14.4 Å². The topological polar surface area (TPSA) is 66.5 Å². The number of carbonyl (C=O) groups is 3. The molecule has 0 spiro atoms. The van der Waals surface area contributed by atoms with Gasteiger partial charge in [0.25, 0.3) is 5.91 Å². The lowest BCUT2D eigenvalue weighted by Crippen LogP contribution is -2.49. The molecule has 0 aromatic heterocycles. The lowest BCUT2D eigenvalue weighted by molar-refractivity contribution is -0.128. The molecule has 3 amide bonds. The van der Waals surface area contributed by atoms with Gasteiger partial charge in [-0.05, 0) is 72.4 Å². The standard InChI is InChI=1S/C34H28N2O3/c1-19-11-10-17-26(20(19)2)35-31(37)25-16-8-9-18-27(25)36-32(38)30-28-21-12-4-6-14-23(21)29(34(30,3)33(36)39)24-15-7-5-13-22(24)28/h4-18,28-30H,1-3H3,(H,35,37)/t28?,29?,30-,34-/m1/s1. The smallest absolute Gasteiger partial charge is 0.257 e. The predicted octanol–water partition coefficient (Wildman–Crippen LogP) is 6.34. The highest BCUT2D eigenvalue weighted by molar-refractivity contribution is 6.27. The summed E-state index contributed by atoms with van der Waals surface area (Å²) < 4.78 is 0. The normalized spacial score (nSPS) is 24.3. The van der Waals surface area contributed by atoms with Crippen molar-refractivity contribution in [1.29, 1.82) is 0 Å². The van der Waals surface area contributed by atoms with Crippen LogP contribution in [0.1, 0.15) is 62.5 Å². The first kappa shape index (κ1) is 23.6. The van der Waals surface area contributed by atoms with Crippen LogP contribution in [0, 0.1) is 25.2 Å². The third-order valence-electron chi connectivity index (χ3n) is 9.26. The Morgan fingerprint density at radius 1 is 0.769 bits per heavy atom. The summed E-state index contributed by atoms with van der Waals surface area (Å²) in [7, 11) is 0. The van der Waals surface area contributed by atoms with Crippen LogP contribution < -0.4 is 10.2 Å². The monoisotopic (exact) mass is 512 g/mol. The van der Waals surface area contributed by atoms with Gasteiger partial charge in [-0.1, -0.05) is 72.8 Å². The van der Waals surface area contributed by atoms with Crippen LogP contribution in [-0.4, -0.2) is 17.7 Å². The highest BCUT2D eigenvalue weighted by Gasteiger charge is 2.69. The third-order valence-corrected chi connectivity index (χ3v) is 9.26. The largest absolute Gasteiger partial charge is 0.322 e. The number of benzene rings is 4.